The molecule has 0 spiro atoms. The van der Waals surface area contributed by atoms with Gasteiger partial charge in [0, 0.05) is 6.07 Å². The number of ether oxygens (including phenoxy) is 1. The second-order valence-electron chi connectivity index (χ2n) is 4.28. The number of halogens is 1. The van der Waals surface area contributed by atoms with Crippen LogP contribution in [0.2, 0.25) is 0 Å². The number of nitrogens with one attached hydrogen (secondary N) is 1. The summed E-state index contributed by atoms with van der Waals surface area (Å²) in [5.41, 5.74) is -0.0907. The molecule has 0 radical (unpaired) electrons. The van der Waals surface area contributed by atoms with Gasteiger partial charge in [-0.1, -0.05) is 0 Å². The standard InChI is InChI=1S/C14H12FNO5S/c1-21-13-7-4-10(15)8-12(13)16-22(19,20)11-5-2-9(3-6-11)14(17)18/h2-8,16H,1H3,(H,17,18). The van der Waals surface area contributed by atoms with Crippen LogP contribution in [0, 0.1) is 5.82 Å². The van der Waals surface area contributed by atoms with Crippen LogP contribution in [0.4, 0.5) is 10.1 Å². The maximum atomic E-state index is 13.2. The first-order valence-electron chi connectivity index (χ1n) is 6.03. The van der Waals surface area contributed by atoms with Crippen LogP contribution in [-0.2, 0) is 10.0 Å². The Morgan fingerprint density at radius 3 is 2.36 bits per heavy atom. The van der Waals surface area contributed by atoms with Gasteiger partial charge in [0.25, 0.3) is 10.0 Å². The molecular formula is C14H12FNO5S. The molecule has 0 fully saturated rings. The number of aromatic carboxylic acids is 1. The lowest BCUT2D eigenvalue weighted by Gasteiger charge is -2.12. The minimum atomic E-state index is -3.99. The van der Waals surface area contributed by atoms with Crippen LogP contribution in [0.1, 0.15) is 10.4 Å². The van der Waals surface area contributed by atoms with Crippen molar-refractivity contribution in [2.45, 2.75) is 4.90 Å². The van der Waals surface area contributed by atoms with Crippen molar-refractivity contribution in [3.05, 3.63) is 53.8 Å². The fraction of sp³-hybridized carbons (Fsp3) is 0.0714. The first kappa shape index (κ1) is 15.8. The third kappa shape index (κ3) is 3.34. The van der Waals surface area contributed by atoms with Crippen molar-refractivity contribution in [1.82, 2.24) is 0 Å². The van der Waals surface area contributed by atoms with E-state index in [1.54, 1.807) is 0 Å². The molecule has 2 N–H and O–H groups in total. The number of hydrogen-bond acceptors (Lipinski definition) is 4. The molecule has 0 aliphatic rings. The van der Waals surface area contributed by atoms with Crippen LogP contribution in [0.25, 0.3) is 0 Å². The number of carboxylic acids is 1. The molecular weight excluding hydrogens is 313 g/mol. The Morgan fingerprint density at radius 1 is 1.18 bits per heavy atom. The summed E-state index contributed by atoms with van der Waals surface area (Å²) in [6, 6.07) is 8.05. The summed E-state index contributed by atoms with van der Waals surface area (Å²) >= 11 is 0. The molecule has 0 saturated heterocycles. The van der Waals surface area contributed by atoms with E-state index in [2.05, 4.69) is 4.72 Å². The maximum absolute atomic E-state index is 13.2. The quantitative estimate of drug-likeness (QED) is 0.880. The molecule has 8 heteroatoms. The Morgan fingerprint density at radius 2 is 1.82 bits per heavy atom. The molecule has 0 amide bonds. The van der Waals surface area contributed by atoms with E-state index in [1.807, 2.05) is 0 Å². The lowest BCUT2D eigenvalue weighted by Crippen LogP contribution is -2.14. The van der Waals surface area contributed by atoms with Gasteiger partial charge < -0.3 is 9.84 Å². The second-order valence-corrected chi connectivity index (χ2v) is 5.96. The highest BCUT2D eigenvalue weighted by Gasteiger charge is 2.17. The first-order valence-corrected chi connectivity index (χ1v) is 7.51. The van der Waals surface area contributed by atoms with Crippen LogP contribution in [0.15, 0.2) is 47.4 Å². The summed E-state index contributed by atoms with van der Waals surface area (Å²) in [5.74, 6) is -1.63. The molecule has 0 aromatic heterocycles. The molecule has 2 rings (SSSR count). The molecule has 116 valence electrons. The Kier molecular flexibility index (Phi) is 4.32. The minimum Gasteiger partial charge on any atom is -0.495 e. The van der Waals surface area contributed by atoms with E-state index in [0.29, 0.717) is 0 Å². The highest BCUT2D eigenvalue weighted by Crippen LogP contribution is 2.27. The fourth-order valence-corrected chi connectivity index (χ4v) is 2.80. The summed E-state index contributed by atoms with van der Waals surface area (Å²) < 4.78 is 44.9. The Bertz CT molecular complexity index is 802. The van der Waals surface area contributed by atoms with Gasteiger partial charge in [-0.15, -0.1) is 0 Å². The summed E-state index contributed by atoms with van der Waals surface area (Å²) in [6.07, 6.45) is 0. The van der Waals surface area contributed by atoms with Gasteiger partial charge in [-0.25, -0.2) is 17.6 Å². The highest BCUT2D eigenvalue weighted by molar-refractivity contribution is 7.92. The number of methoxy groups -OCH3 is 1. The van der Waals surface area contributed by atoms with Crippen LogP contribution < -0.4 is 9.46 Å². The molecule has 0 unspecified atom stereocenters. The normalized spacial score (nSPS) is 11.0. The van der Waals surface area contributed by atoms with E-state index >= 15 is 0 Å². The number of carbonyl (C=O) groups is 1. The molecule has 22 heavy (non-hydrogen) atoms. The molecule has 0 bridgehead atoms. The van der Waals surface area contributed by atoms with Crippen molar-refractivity contribution in [3.63, 3.8) is 0 Å². The van der Waals surface area contributed by atoms with E-state index in [9.17, 15) is 17.6 Å². The van der Waals surface area contributed by atoms with Gasteiger partial charge in [0.1, 0.15) is 11.6 Å². The van der Waals surface area contributed by atoms with Gasteiger partial charge in [0.05, 0.1) is 23.3 Å². The predicted octanol–water partition coefficient (Wildman–Crippen LogP) is 2.33. The number of anilines is 1. The van der Waals surface area contributed by atoms with Gasteiger partial charge in [0.15, 0.2) is 0 Å². The minimum absolute atomic E-state index is 0.0395. The number of hydrogen-bond donors (Lipinski definition) is 2. The van der Waals surface area contributed by atoms with Gasteiger partial charge in [-0.3, -0.25) is 4.72 Å². The number of sulfonamides is 1. The van der Waals surface area contributed by atoms with Gasteiger partial charge >= 0.3 is 5.97 Å². The topological polar surface area (TPSA) is 92.7 Å². The average molecular weight is 325 g/mol. The third-order valence-corrected chi connectivity index (χ3v) is 4.20. The lowest BCUT2D eigenvalue weighted by molar-refractivity contribution is 0.0696. The predicted molar refractivity (Wildman–Crippen MR) is 77.2 cm³/mol. The number of benzene rings is 2. The lowest BCUT2D eigenvalue weighted by atomic mass is 10.2. The zero-order valence-corrected chi connectivity index (χ0v) is 12.2. The van der Waals surface area contributed by atoms with Crippen molar-refractivity contribution in [2.75, 3.05) is 11.8 Å². The van der Waals surface area contributed by atoms with Crippen LogP contribution in [0.5, 0.6) is 5.75 Å². The van der Waals surface area contributed by atoms with Crippen molar-refractivity contribution >= 4 is 21.7 Å². The van der Waals surface area contributed by atoms with Crippen LogP contribution in [-0.4, -0.2) is 26.6 Å². The molecule has 2 aromatic rings. The summed E-state index contributed by atoms with van der Waals surface area (Å²) in [7, 11) is -2.67. The molecule has 2 aromatic carbocycles. The largest absolute Gasteiger partial charge is 0.495 e. The average Bonchev–Trinajstić information content (AvgIpc) is 2.47. The van der Waals surface area contributed by atoms with Crippen molar-refractivity contribution < 1.29 is 27.4 Å². The number of carboxylic acid groups (broad SMARTS) is 1. The maximum Gasteiger partial charge on any atom is 0.335 e. The van der Waals surface area contributed by atoms with Crippen LogP contribution >= 0.6 is 0 Å². The molecule has 0 saturated carbocycles. The molecule has 0 aliphatic carbocycles. The van der Waals surface area contributed by atoms with E-state index in [1.165, 1.54) is 25.3 Å². The van der Waals surface area contributed by atoms with Crippen molar-refractivity contribution in [1.29, 1.82) is 0 Å². The molecule has 0 atom stereocenters. The SMILES string of the molecule is COc1ccc(F)cc1NS(=O)(=O)c1ccc(C(=O)O)cc1. The van der Waals surface area contributed by atoms with E-state index in [0.717, 1.165) is 24.3 Å². The van der Waals surface area contributed by atoms with E-state index < -0.39 is 21.8 Å². The van der Waals surface area contributed by atoms with Crippen molar-refractivity contribution in [3.8, 4) is 5.75 Å². The van der Waals surface area contributed by atoms with Crippen LogP contribution in [0.3, 0.4) is 0 Å². The van der Waals surface area contributed by atoms with E-state index in [-0.39, 0.29) is 21.9 Å². The molecule has 0 aliphatic heterocycles. The third-order valence-electron chi connectivity index (χ3n) is 2.82. The van der Waals surface area contributed by atoms with E-state index in [4.69, 9.17) is 9.84 Å². The monoisotopic (exact) mass is 325 g/mol. The zero-order chi connectivity index (χ0) is 16.3. The van der Waals surface area contributed by atoms with Gasteiger partial charge in [0.2, 0.25) is 0 Å². The first-order chi connectivity index (χ1) is 10.3. The Hall–Kier alpha value is -2.61. The zero-order valence-electron chi connectivity index (χ0n) is 11.4. The highest BCUT2D eigenvalue weighted by atomic mass is 32.2. The summed E-state index contributed by atoms with van der Waals surface area (Å²) in [4.78, 5) is 10.6. The van der Waals surface area contributed by atoms with Gasteiger partial charge in [-0.2, -0.15) is 0 Å². The Labute approximate surface area is 126 Å². The summed E-state index contributed by atoms with van der Waals surface area (Å²) in [6.45, 7) is 0. The summed E-state index contributed by atoms with van der Waals surface area (Å²) in [5, 5.41) is 8.79. The second kappa shape index (κ2) is 6.02. The molecule has 6 nitrogen and oxygen atoms in total. The molecule has 0 heterocycles. The van der Waals surface area contributed by atoms with Gasteiger partial charge in [-0.05, 0) is 36.4 Å². The smallest absolute Gasteiger partial charge is 0.335 e. The van der Waals surface area contributed by atoms with Crippen molar-refractivity contribution in [2.24, 2.45) is 0 Å². The fourth-order valence-electron chi connectivity index (χ4n) is 1.74. The number of rotatable bonds is 5. The Balaban J connectivity index is 2.35.